The molecule has 6 heteroatoms. The Kier molecular flexibility index (Phi) is 7.84. The number of carbonyl (C=O) groups is 3. The summed E-state index contributed by atoms with van der Waals surface area (Å²) in [6, 6.07) is 23.3. The van der Waals surface area contributed by atoms with Gasteiger partial charge in [0.05, 0.1) is 5.56 Å². The summed E-state index contributed by atoms with van der Waals surface area (Å²) in [5.41, 5.74) is 1.52. The number of ketones is 1. The number of hydrogen-bond donors (Lipinski definition) is 1. The summed E-state index contributed by atoms with van der Waals surface area (Å²) < 4.78 is 11.2. The third-order valence-corrected chi connectivity index (χ3v) is 4.97. The highest BCUT2D eigenvalue weighted by Crippen LogP contribution is 2.25. The number of amides is 1. The topological polar surface area (TPSA) is 81.7 Å². The molecule has 0 spiro atoms. The average molecular weight is 460 g/mol. The van der Waals surface area contributed by atoms with Crippen molar-refractivity contribution in [3.05, 3.63) is 107 Å². The molecule has 3 aromatic carbocycles. The van der Waals surface area contributed by atoms with Crippen LogP contribution < -0.4 is 5.32 Å². The average Bonchev–Trinajstić information content (AvgIpc) is 2.81. The third kappa shape index (κ3) is 6.78. The maximum absolute atomic E-state index is 13.6. The summed E-state index contributed by atoms with van der Waals surface area (Å²) in [7, 11) is 0. The van der Waals surface area contributed by atoms with E-state index in [0.29, 0.717) is 16.7 Å². The molecule has 0 saturated carbocycles. The van der Waals surface area contributed by atoms with Crippen LogP contribution in [0.5, 0.6) is 0 Å². The van der Waals surface area contributed by atoms with Gasteiger partial charge in [-0.15, -0.1) is 0 Å². The normalized spacial score (nSPS) is 12.8. The minimum Gasteiger partial charge on any atom is -0.448 e. The number of alkyl carbamates (subject to hydrolysis) is 1. The molecule has 0 aromatic heterocycles. The van der Waals surface area contributed by atoms with Crippen LogP contribution in [0.4, 0.5) is 4.79 Å². The fourth-order valence-electron chi connectivity index (χ4n) is 3.34. The van der Waals surface area contributed by atoms with Crippen molar-refractivity contribution < 1.29 is 23.9 Å². The van der Waals surface area contributed by atoms with E-state index in [1.165, 1.54) is 0 Å². The Bertz CT molecular complexity index is 1120. The van der Waals surface area contributed by atoms with Crippen LogP contribution >= 0.6 is 0 Å². The van der Waals surface area contributed by atoms with Crippen LogP contribution in [-0.4, -0.2) is 29.6 Å². The molecule has 0 radical (unpaired) electrons. The zero-order valence-electron chi connectivity index (χ0n) is 19.8. The largest absolute Gasteiger partial charge is 0.448 e. The molecule has 3 rings (SSSR count). The summed E-state index contributed by atoms with van der Waals surface area (Å²) in [5, 5.41) is 2.76. The number of Topliss-reactive ketones (excluding diaryl/α,β-unsaturated/α-hetero) is 1. The molecule has 0 aliphatic rings. The van der Waals surface area contributed by atoms with Crippen molar-refractivity contribution in [3.8, 4) is 0 Å². The van der Waals surface area contributed by atoms with Crippen molar-refractivity contribution in [1.29, 1.82) is 0 Å². The molecule has 0 fully saturated rings. The zero-order valence-corrected chi connectivity index (χ0v) is 19.8. The van der Waals surface area contributed by atoms with Crippen molar-refractivity contribution >= 4 is 17.8 Å². The predicted molar refractivity (Wildman–Crippen MR) is 130 cm³/mol. The fourth-order valence-corrected chi connectivity index (χ4v) is 3.34. The van der Waals surface area contributed by atoms with E-state index in [1.807, 2.05) is 19.1 Å². The number of hydrogen-bond acceptors (Lipinski definition) is 5. The first kappa shape index (κ1) is 24.7. The molecule has 1 N–H and O–H groups in total. The van der Waals surface area contributed by atoms with Crippen molar-refractivity contribution in [2.45, 2.75) is 45.4 Å². The van der Waals surface area contributed by atoms with Gasteiger partial charge in [0.25, 0.3) is 0 Å². The van der Waals surface area contributed by atoms with Crippen LogP contribution in [0.1, 0.15) is 58.7 Å². The van der Waals surface area contributed by atoms with E-state index < -0.39 is 35.6 Å². The van der Waals surface area contributed by atoms with E-state index in [1.54, 1.807) is 93.6 Å². The number of ether oxygens (including phenoxy) is 2. The molecule has 6 nitrogen and oxygen atoms in total. The predicted octanol–water partition coefficient (Wildman–Crippen LogP) is 5.67. The van der Waals surface area contributed by atoms with E-state index in [-0.39, 0.29) is 0 Å². The molecular weight excluding hydrogens is 430 g/mol. The highest BCUT2D eigenvalue weighted by Gasteiger charge is 2.36. The molecule has 0 heterocycles. The fraction of sp³-hybridized carbons (Fsp3) is 0.250. The number of nitrogens with one attached hydrogen (secondary N) is 1. The summed E-state index contributed by atoms with van der Waals surface area (Å²) in [6.07, 6.45) is -2.05. The molecule has 0 bridgehead atoms. The van der Waals surface area contributed by atoms with Crippen LogP contribution in [0.2, 0.25) is 0 Å². The second kappa shape index (κ2) is 10.8. The lowest BCUT2D eigenvalue weighted by Crippen LogP contribution is -2.44. The Morgan fingerprint density at radius 3 is 1.82 bits per heavy atom. The van der Waals surface area contributed by atoms with Gasteiger partial charge < -0.3 is 14.8 Å². The second-order valence-corrected chi connectivity index (χ2v) is 8.96. The standard InChI is InChI=1S/C28H29NO5/c1-19-15-17-20(18-16-19)23(29-27(32)34-28(2,3)4)25(24(30)21-11-7-5-8-12-21)33-26(31)22-13-9-6-10-14-22/h5-18,23,25H,1-4H3,(H,29,32)/t23-,25-/m1/s1. The van der Waals surface area contributed by atoms with E-state index in [9.17, 15) is 14.4 Å². The maximum atomic E-state index is 13.6. The van der Waals surface area contributed by atoms with Crippen LogP contribution in [-0.2, 0) is 9.47 Å². The Balaban J connectivity index is 2.03. The second-order valence-electron chi connectivity index (χ2n) is 8.96. The van der Waals surface area contributed by atoms with Gasteiger partial charge >= 0.3 is 12.1 Å². The van der Waals surface area contributed by atoms with Gasteiger partial charge in [-0.2, -0.15) is 0 Å². The quantitative estimate of drug-likeness (QED) is 0.364. The minimum atomic E-state index is -1.33. The summed E-state index contributed by atoms with van der Waals surface area (Å²) >= 11 is 0. The van der Waals surface area contributed by atoms with E-state index in [2.05, 4.69) is 5.32 Å². The SMILES string of the molecule is Cc1ccc([C@@H](NC(=O)OC(C)(C)C)[C@@H](OC(=O)c2ccccc2)C(=O)c2ccccc2)cc1. The van der Waals surface area contributed by atoms with Gasteiger partial charge in [-0.05, 0) is 45.4 Å². The molecular formula is C28H29NO5. The third-order valence-electron chi connectivity index (χ3n) is 4.97. The first-order valence-corrected chi connectivity index (χ1v) is 11.1. The molecule has 0 aliphatic carbocycles. The molecule has 0 unspecified atom stereocenters. The number of rotatable bonds is 7. The van der Waals surface area contributed by atoms with Crippen molar-refractivity contribution in [2.75, 3.05) is 0 Å². The van der Waals surface area contributed by atoms with Gasteiger partial charge in [-0.1, -0.05) is 78.4 Å². The number of esters is 1. The lowest BCUT2D eigenvalue weighted by molar-refractivity contribution is 0.0149. The summed E-state index contributed by atoms with van der Waals surface area (Å²) in [6.45, 7) is 7.17. The van der Waals surface area contributed by atoms with E-state index in [0.717, 1.165) is 5.56 Å². The molecule has 0 aliphatic heterocycles. The number of aryl methyl sites for hydroxylation is 1. The summed E-state index contributed by atoms with van der Waals surface area (Å²) in [5.74, 6) is -1.11. The lowest BCUT2D eigenvalue weighted by atomic mass is 9.94. The first-order chi connectivity index (χ1) is 16.1. The Morgan fingerprint density at radius 1 is 0.765 bits per heavy atom. The highest BCUT2D eigenvalue weighted by molar-refractivity contribution is 6.02. The van der Waals surface area contributed by atoms with Crippen molar-refractivity contribution in [3.63, 3.8) is 0 Å². The van der Waals surface area contributed by atoms with Crippen LogP contribution in [0.15, 0.2) is 84.9 Å². The van der Waals surface area contributed by atoms with Crippen molar-refractivity contribution in [1.82, 2.24) is 5.32 Å². The Hall–Kier alpha value is -3.93. The van der Waals surface area contributed by atoms with Gasteiger partial charge in [0.15, 0.2) is 6.10 Å². The zero-order chi connectivity index (χ0) is 24.7. The maximum Gasteiger partial charge on any atom is 0.408 e. The van der Waals surface area contributed by atoms with Gasteiger partial charge in [0, 0.05) is 5.56 Å². The van der Waals surface area contributed by atoms with Crippen LogP contribution in [0, 0.1) is 6.92 Å². The number of carbonyl (C=O) groups excluding carboxylic acids is 3. The molecule has 176 valence electrons. The monoisotopic (exact) mass is 459 g/mol. The smallest absolute Gasteiger partial charge is 0.408 e. The highest BCUT2D eigenvalue weighted by atomic mass is 16.6. The molecule has 34 heavy (non-hydrogen) atoms. The van der Waals surface area contributed by atoms with Gasteiger partial charge in [0.1, 0.15) is 11.6 Å². The van der Waals surface area contributed by atoms with Gasteiger partial charge in [-0.3, -0.25) is 4.79 Å². The van der Waals surface area contributed by atoms with E-state index in [4.69, 9.17) is 9.47 Å². The number of benzene rings is 3. The molecule has 1 amide bonds. The minimum absolute atomic E-state index is 0.299. The first-order valence-electron chi connectivity index (χ1n) is 11.1. The van der Waals surface area contributed by atoms with Crippen LogP contribution in [0.25, 0.3) is 0 Å². The van der Waals surface area contributed by atoms with Crippen LogP contribution in [0.3, 0.4) is 0 Å². The van der Waals surface area contributed by atoms with Crippen molar-refractivity contribution in [2.24, 2.45) is 0 Å². The molecule has 3 aromatic rings. The molecule has 2 atom stereocenters. The summed E-state index contributed by atoms with van der Waals surface area (Å²) in [4.78, 5) is 39.3. The Labute approximate surface area is 199 Å². The molecule has 0 saturated heterocycles. The Morgan fingerprint density at radius 2 is 1.29 bits per heavy atom. The van der Waals surface area contributed by atoms with E-state index >= 15 is 0 Å². The lowest BCUT2D eigenvalue weighted by Gasteiger charge is -2.29. The van der Waals surface area contributed by atoms with Gasteiger partial charge in [0.2, 0.25) is 5.78 Å². The van der Waals surface area contributed by atoms with Gasteiger partial charge in [-0.25, -0.2) is 9.59 Å².